The van der Waals surface area contributed by atoms with Gasteiger partial charge in [-0.3, -0.25) is 9.09 Å². The molecule has 30 heavy (non-hydrogen) atoms. The summed E-state index contributed by atoms with van der Waals surface area (Å²) in [5.41, 5.74) is 0.811. The topological polar surface area (TPSA) is 124 Å². The first-order chi connectivity index (χ1) is 14.5. The van der Waals surface area contributed by atoms with Crippen LogP contribution in [0.1, 0.15) is 49.5 Å². The van der Waals surface area contributed by atoms with Crippen molar-refractivity contribution in [2.45, 2.75) is 57.2 Å². The quantitative estimate of drug-likeness (QED) is 0.635. The van der Waals surface area contributed by atoms with Gasteiger partial charge in [-0.2, -0.15) is 0 Å². The monoisotopic (exact) mass is 415 g/mol. The second-order valence-electron chi connectivity index (χ2n) is 7.17. The van der Waals surface area contributed by atoms with Crippen LogP contribution in [-0.4, -0.2) is 32.9 Å². The number of ether oxygens (including phenoxy) is 1. The van der Waals surface area contributed by atoms with Crippen LogP contribution in [0.15, 0.2) is 51.8 Å². The van der Waals surface area contributed by atoms with Crippen LogP contribution in [0.25, 0.3) is 0 Å². The number of hydrogen-bond donors (Lipinski definition) is 2. The molecule has 2 heterocycles. The molecule has 0 spiro atoms. The largest absolute Gasteiger partial charge is 0.480 e. The van der Waals surface area contributed by atoms with Crippen molar-refractivity contribution in [2.75, 3.05) is 0 Å². The molecule has 2 atom stereocenters. The zero-order valence-corrected chi connectivity index (χ0v) is 16.5. The molecule has 0 fully saturated rings. The zero-order chi connectivity index (χ0) is 21.3. The average Bonchev–Trinajstić information content (AvgIpc) is 2.98. The molecular weight excluding hydrogens is 390 g/mol. The van der Waals surface area contributed by atoms with Gasteiger partial charge in [0.2, 0.25) is 0 Å². The molecule has 1 aliphatic rings. The first-order valence-electron chi connectivity index (χ1n) is 9.96. The number of hydrogen-bond acceptors (Lipinski definition) is 6. The molecule has 0 saturated heterocycles. The van der Waals surface area contributed by atoms with Crippen LogP contribution in [-0.2, 0) is 22.6 Å². The molecular formula is C21H25N3O6. The fourth-order valence-electron chi connectivity index (χ4n) is 3.44. The van der Waals surface area contributed by atoms with Gasteiger partial charge < -0.3 is 15.2 Å². The lowest BCUT2D eigenvalue weighted by Crippen LogP contribution is -2.40. The molecule has 1 aromatic heterocycles. The van der Waals surface area contributed by atoms with Crippen molar-refractivity contribution < 1.29 is 24.0 Å². The standard InChI is InChI=1S/C21H25N3O6/c25-19(26)17(22-20(27)29-14-15-8-2-1-3-9-15)12-6-4-10-16-11-5-7-13-18-23-30-21(28)24(16)18/h1-4,6,8-9,16-17H,5,7,10-14H2,(H,22,27)(H,25,26)/t16-,17-/m0/s1. The van der Waals surface area contributed by atoms with E-state index in [4.69, 9.17) is 9.26 Å². The number of nitrogens with zero attached hydrogens (tertiary/aromatic N) is 2. The number of alkyl carbamates (subject to hydrolysis) is 1. The first kappa shape index (κ1) is 21.4. The van der Waals surface area contributed by atoms with Crippen molar-refractivity contribution >= 4 is 12.1 Å². The molecule has 0 unspecified atom stereocenters. The van der Waals surface area contributed by atoms with Gasteiger partial charge in [0.05, 0.1) is 0 Å². The van der Waals surface area contributed by atoms with Crippen LogP contribution in [0.5, 0.6) is 0 Å². The lowest BCUT2D eigenvalue weighted by Gasteiger charge is -2.14. The van der Waals surface area contributed by atoms with Gasteiger partial charge >= 0.3 is 17.8 Å². The summed E-state index contributed by atoms with van der Waals surface area (Å²) in [6.07, 6.45) is 6.85. The van der Waals surface area contributed by atoms with Crippen molar-refractivity contribution in [3.05, 3.63) is 64.4 Å². The lowest BCUT2D eigenvalue weighted by atomic mass is 10.1. The van der Waals surface area contributed by atoms with Gasteiger partial charge in [0.25, 0.3) is 0 Å². The Morgan fingerprint density at radius 1 is 1.30 bits per heavy atom. The minimum absolute atomic E-state index is 0.0619. The summed E-state index contributed by atoms with van der Waals surface area (Å²) < 4.78 is 11.4. The number of carbonyl (C=O) groups is 2. The Morgan fingerprint density at radius 2 is 2.10 bits per heavy atom. The van der Waals surface area contributed by atoms with Crippen LogP contribution in [0.3, 0.4) is 0 Å². The Kier molecular flexibility index (Phi) is 7.42. The van der Waals surface area contributed by atoms with E-state index in [1.165, 1.54) is 0 Å². The number of carboxylic acid groups (broad SMARTS) is 1. The third-order valence-electron chi connectivity index (χ3n) is 5.01. The van der Waals surface area contributed by atoms with E-state index in [0.717, 1.165) is 24.8 Å². The van der Waals surface area contributed by atoms with Crippen molar-refractivity contribution in [2.24, 2.45) is 0 Å². The smallest absolute Gasteiger partial charge is 0.441 e. The maximum atomic E-state index is 11.9. The van der Waals surface area contributed by atoms with Gasteiger partial charge in [-0.25, -0.2) is 14.4 Å². The van der Waals surface area contributed by atoms with Gasteiger partial charge in [0, 0.05) is 12.5 Å². The fraction of sp³-hybridized carbons (Fsp3) is 0.429. The van der Waals surface area contributed by atoms with Gasteiger partial charge in [0.15, 0.2) is 5.82 Å². The van der Waals surface area contributed by atoms with Gasteiger partial charge in [-0.15, -0.1) is 0 Å². The number of aliphatic carboxylic acids is 1. The molecule has 3 rings (SSSR count). The maximum absolute atomic E-state index is 11.9. The summed E-state index contributed by atoms with van der Waals surface area (Å²) in [5, 5.41) is 15.6. The Labute approximate surface area is 173 Å². The number of carboxylic acids is 1. The van der Waals surface area contributed by atoms with E-state index in [1.807, 2.05) is 36.4 Å². The molecule has 160 valence electrons. The Bertz CT molecular complexity index is 934. The Balaban J connectivity index is 1.50. The molecule has 0 aliphatic carbocycles. The molecule has 0 bridgehead atoms. The van der Waals surface area contributed by atoms with Crippen molar-refractivity contribution in [1.82, 2.24) is 15.0 Å². The van der Waals surface area contributed by atoms with Crippen LogP contribution >= 0.6 is 0 Å². The third kappa shape index (κ3) is 5.82. The maximum Gasteiger partial charge on any atom is 0.441 e. The predicted octanol–water partition coefficient (Wildman–Crippen LogP) is 2.82. The van der Waals surface area contributed by atoms with E-state index in [0.29, 0.717) is 18.7 Å². The van der Waals surface area contributed by atoms with Crippen LogP contribution < -0.4 is 11.1 Å². The van der Waals surface area contributed by atoms with E-state index in [1.54, 1.807) is 10.6 Å². The van der Waals surface area contributed by atoms with E-state index < -0.39 is 23.9 Å². The highest BCUT2D eigenvalue weighted by Crippen LogP contribution is 2.24. The number of aryl methyl sites for hydroxylation is 1. The number of amides is 1. The normalized spacial score (nSPS) is 17.1. The Hall–Kier alpha value is -3.36. The average molecular weight is 415 g/mol. The van der Waals surface area contributed by atoms with Gasteiger partial charge in [-0.05, 0) is 31.2 Å². The summed E-state index contributed by atoms with van der Waals surface area (Å²) in [6.45, 7) is 0.0619. The van der Waals surface area contributed by atoms with Gasteiger partial charge in [0.1, 0.15) is 12.6 Å². The number of allylic oxidation sites excluding steroid dienone is 1. The van der Waals surface area contributed by atoms with E-state index >= 15 is 0 Å². The molecule has 0 radical (unpaired) electrons. The first-order valence-corrected chi connectivity index (χ1v) is 9.96. The molecule has 0 saturated carbocycles. The fourth-order valence-corrected chi connectivity index (χ4v) is 3.44. The van der Waals surface area contributed by atoms with Crippen LogP contribution in [0, 0.1) is 0 Å². The van der Waals surface area contributed by atoms with Crippen LogP contribution in [0.4, 0.5) is 4.79 Å². The van der Waals surface area contributed by atoms with Gasteiger partial charge in [-0.1, -0.05) is 54.1 Å². The summed E-state index contributed by atoms with van der Waals surface area (Å²) in [7, 11) is 0. The number of nitrogens with one attached hydrogen (secondary N) is 1. The second kappa shape index (κ2) is 10.4. The number of carbonyl (C=O) groups excluding carboxylic acids is 1. The van der Waals surface area contributed by atoms with E-state index in [-0.39, 0.29) is 19.1 Å². The highest BCUT2D eigenvalue weighted by atomic mass is 16.5. The molecule has 1 amide bonds. The second-order valence-corrected chi connectivity index (χ2v) is 7.17. The summed E-state index contributed by atoms with van der Waals surface area (Å²) in [5.74, 6) is -0.956. The number of benzene rings is 1. The summed E-state index contributed by atoms with van der Waals surface area (Å²) in [4.78, 5) is 35.3. The number of rotatable bonds is 8. The van der Waals surface area contributed by atoms with E-state index in [9.17, 15) is 19.5 Å². The lowest BCUT2D eigenvalue weighted by molar-refractivity contribution is -0.139. The predicted molar refractivity (Wildman–Crippen MR) is 107 cm³/mol. The van der Waals surface area contributed by atoms with Crippen molar-refractivity contribution in [3.63, 3.8) is 0 Å². The van der Waals surface area contributed by atoms with Crippen molar-refractivity contribution in [1.29, 1.82) is 0 Å². The Morgan fingerprint density at radius 3 is 2.87 bits per heavy atom. The molecule has 9 nitrogen and oxygen atoms in total. The highest BCUT2D eigenvalue weighted by molar-refractivity contribution is 5.80. The molecule has 1 aliphatic heterocycles. The molecule has 1 aromatic carbocycles. The third-order valence-corrected chi connectivity index (χ3v) is 5.01. The molecule has 2 N–H and O–H groups in total. The SMILES string of the molecule is O=C(N[C@@H](CC=CC[C@H]1CCCCc2noc(=O)n21)C(=O)O)OCc1ccccc1. The number of aromatic nitrogens is 2. The molecule has 9 heteroatoms. The van der Waals surface area contributed by atoms with E-state index in [2.05, 4.69) is 10.5 Å². The molecule has 2 aromatic rings. The summed E-state index contributed by atoms with van der Waals surface area (Å²) in [6, 6.07) is 7.96. The minimum atomic E-state index is -1.15. The number of fused-ring (bicyclic) bond motifs is 1. The minimum Gasteiger partial charge on any atom is -0.480 e. The highest BCUT2D eigenvalue weighted by Gasteiger charge is 2.22. The zero-order valence-electron chi connectivity index (χ0n) is 16.5. The van der Waals surface area contributed by atoms with Crippen LogP contribution in [0.2, 0.25) is 0 Å². The van der Waals surface area contributed by atoms with Crippen molar-refractivity contribution in [3.8, 4) is 0 Å². The summed E-state index contributed by atoms with van der Waals surface area (Å²) >= 11 is 0.